The van der Waals surface area contributed by atoms with Crippen molar-refractivity contribution < 1.29 is 27.4 Å². The molecule has 0 bridgehead atoms. The van der Waals surface area contributed by atoms with E-state index in [2.05, 4.69) is 4.18 Å². The van der Waals surface area contributed by atoms with Crippen molar-refractivity contribution in [3.63, 3.8) is 0 Å². The predicted molar refractivity (Wildman–Crippen MR) is 70.7 cm³/mol. The number of aromatic hydroxyl groups is 2. The molecule has 106 valence electrons. The summed E-state index contributed by atoms with van der Waals surface area (Å²) in [7, 11) is -4.66. The highest BCUT2D eigenvalue weighted by Gasteiger charge is 2.21. The van der Waals surface area contributed by atoms with Crippen LogP contribution in [-0.4, -0.2) is 23.2 Å². The maximum absolute atomic E-state index is 11.0. The van der Waals surface area contributed by atoms with Crippen LogP contribution in [-0.2, 0) is 14.6 Å². The lowest BCUT2D eigenvalue weighted by Gasteiger charge is -2.16. The van der Waals surface area contributed by atoms with Gasteiger partial charge in [0.1, 0.15) is 17.6 Å². The first-order chi connectivity index (χ1) is 9.35. The summed E-state index contributed by atoms with van der Waals surface area (Å²) in [6, 6.07) is 11.4. The van der Waals surface area contributed by atoms with Crippen molar-refractivity contribution in [3.05, 3.63) is 59.7 Å². The molecule has 7 heteroatoms. The summed E-state index contributed by atoms with van der Waals surface area (Å²) in [5.41, 5.74) is 0.845. The van der Waals surface area contributed by atoms with Crippen molar-refractivity contribution in [2.45, 2.75) is 6.10 Å². The van der Waals surface area contributed by atoms with E-state index < -0.39 is 16.5 Å². The Labute approximate surface area is 115 Å². The first-order valence-corrected chi connectivity index (χ1v) is 6.95. The van der Waals surface area contributed by atoms with Gasteiger partial charge in [-0.25, -0.2) is 4.18 Å². The van der Waals surface area contributed by atoms with E-state index in [1.54, 1.807) is 0 Å². The number of benzene rings is 2. The first-order valence-electron chi connectivity index (χ1n) is 5.59. The largest absolute Gasteiger partial charge is 0.508 e. The maximum atomic E-state index is 11.0. The third-order valence-electron chi connectivity index (χ3n) is 2.61. The molecule has 0 aliphatic rings. The number of rotatable bonds is 4. The standard InChI is InChI=1S/C13H12O6S/c14-11-5-1-9(2-6-11)13(19-20(16,17)18)10-3-7-12(15)8-4-10/h1-8,13-15H,(H,16,17,18). The maximum Gasteiger partial charge on any atom is 0.398 e. The molecule has 0 fully saturated rings. The summed E-state index contributed by atoms with van der Waals surface area (Å²) in [5.74, 6) is 0.0372. The lowest BCUT2D eigenvalue weighted by molar-refractivity contribution is 0.216. The van der Waals surface area contributed by atoms with Crippen LogP contribution in [0.2, 0.25) is 0 Å². The summed E-state index contributed by atoms with van der Waals surface area (Å²) in [4.78, 5) is 0. The Kier molecular flexibility index (Phi) is 3.93. The lowest BCUT2D eigenvalue weighted by atomic mass is 10.0. The topological polar surface area (TPSA) is 104 Å². The highest BCUT2D eigenvalue weighted by molar-refractivity contribution is 7.80. The summed E-state index contributed by atoms with van der Waals surface area (Å²) < 4.78 is 35.4. The van der Waals surface area contributed by atoms with Crippen LogP contribution in [0.15, 0.2) is 48.5 Å². The summed E-state index contributed by atoms with van der Waals surface area (Å²) >= 11 is 0. The van der Waals surface area contributed by atoms with E-state index in [9.17, 15) is 18.6 Å². The minimum absolute atomic E-state index is 0.0186. The van der Waals surface area contributed by atoms with Gasteiger partial charge in [-0.05, 0) is 35.4 Å². The highest BCUT2D eigenvalue weighted by atomic mass is 32.3. The molecule has 0 saturated heterocycles. The van der Waals surface area contributed by atoms with E-state index in [0.29, 0.717) is 11.1 Å². The van der Waals surface area contributed by atoms with Crippen LogP contribution in [0.3, 0.4) is 0 Å². The second-order valence-corrected chi connectivity index (χ2v) is 5.13. The van der Waals surface area contributed by atoms with Gasteiger partial charge >= 0.3 is 10.4 Å². The predicted octanol–water partition coefficient (Wildman–Crippen LogP) is 2.01. The number of phenols is 2. The molecule has 0 aliphatic heterocycles. The fourth-order valence-corrected chi connectivity index (χ4v) is 2.19. The molecule has 2 rings (SSSR count). The Balaban J connectivity index is 2.44. The molecule has 2 aromatic rings. The third kappa shape index (κ3) is 3.70. The molecule has 6 nitrogen and oxygen atoms in total. The molecule has 0 aliphatic carbocycles. The fraction of sp³-hybridized carbons (Fsp3) is 0.0769. The van der Waals surface area contributed by atoms with Crippen molar-refractivity contribution in [2.24, 2.45) is 0 Å². The van der Waals surface area contributed by atoms with Gasteiger partial charge < -0.3 is 10.2 Å². The second kappa shape index (κ2) is 5.49. The van der Waals surface area contributed by atoms with E-state index >= 15 is 0 Å². The molecule has 0 saturated carbocycles. The molecule has 0 radical (unpaired) electrons. The van der Waals surface area contributed by atoms with Gasteiger partial charge in [0.15, 0.2) is 0 Å². The number of phenolic OH excluding ortho intramolecular Hbond substituents is 2. The van der Waals surface area contributed by atoms with Crippen LogP contribution in [0.5, 0.6) is 11.5 Å². The molecule has 0 aromatic heterocycles. The monoisotopic (exact) mass is 296 g/mol. The van der Waals surface area contributed by atoms with Crippen molar-refractivity contribution >= 4 is 10.4 Å². The fourth-order valence-electron chi connectivity index (χ4n) is 1.72. The van der Waals surface area contributed by atoms with E-state index in [0.717, 1.165) is 0 Å². The molecular formula is C13H12O6S. The zero-order valence-electron chi connectivity index (χ0n) is 10.2. The summed E-state index contributed by atoms with van der Waals surface area (Å²) in [6.07, 6.45) is -1.08. The van der Waals surface area contributed by atoms with E-state index in [1.807, 2.05) is 0 Å². The van der Waals surface area contributed by atoms with Gasteiger partial charge in [-0.2, -0.15) is 8.42 Å². The van der Waals surface area contributed by atoms with Crippen molar-refractivity contribution in [1.82, 2.24) is 0 Å². The van der Waals surface area contributed by atoms with Gasteiger partial charge in [0, 0.05) is 0 Å². The normalized spacial score (nSPS) is 11.7. The van der Waals surface area contributed by atoms with Crippen LogP contribution < -0.4 is 0 Å². The van der Waals surface area contributed by atoms with Crippen LogP contribution >= 0.6 is 0 Å². The van der Waals surface area contributed by atoms with E-state index in [-0.39, 0.29) is 11.5 Å². The molecule has 0 amide bonds. The zero-order valence-corrected chi connectivity index (χ0v) is 11.0. The molecule has 20 heavy (non-hydrogen) atoms. The molecule has 0 atom stereocenters. The zero-order chi connectivity index (χ0) is 14.8. The van der Waals surface area contributed by atoms with Crippen LogP contribution in [0, 0.1) is 0 Å². The minimum atomic E-state index is -4.66. The summed E-state index contributed by atoms with van der Waals surface area (Å²) in [6.45, 7) is 0. The summed E-state index contributed by atoms with van der Waals surface area (Å²) in [5, 5.41) is 18.5. The lowest BCUT2D eigenvalue weighted by Crippen LogP contribution is -2.12. The average molecular weight is 296 g/mol. The Hall–Kier alpha value is -2.09. The minimum Gasteiger partial charge on any atom is -0.508 e. The van der Waals surface area contributed by atoms with Crippen LogP contribution in [0.25, 0.3) is 0 Å². The average Bonchev–Trinajstić information content (AvgIpc) is 2.37. The molecule has 2 aromatic carbocycles. The first kappa shape index (κ1) is 14.3. The smallest absolute Gasteiger partial charge is 0.398 e. The van der Waals surface area contributed by atoms with Crippen molar-refractivity contribution in [1.29, 1.82) is 0 Å². The molecule has 3 N–H and O–H groups in total. The van der Waals surface area contributed by atoms with Gasteiger partial charge in [0.05, 0.1) is 0 Å². The number of hydrogen-bond donors (Lipinski definition) is 3. The van der Waals surface area contributed by atoms with Gasteiger partial charge in [-0.1, -0.05) is 24.3 Å². The van der Waals surface area contributed by atoms with Gasteiger partial charge in [0.2, 0.25) is 0 Å². The van der Waals surface area contributed by atoms with E-state index in [4.69, 9.17) is 4.55 Å². The molecule has 0 heterocycles. The Morgan fingerprint density at radius 3 is 1.45 bits per heavy atom. The molecule has 0 spiro atoms. The van der Waals surface area contributed by atoms with Gasteiger partial charge in [0.25, 0.3) is 0 Å². The SMILES string of the molecule is O=S(=O)(O)OC(c1ccc(O)cc1)c1ccc(O)cc1. The van der Waals surface area contributed by atoms with Gasteiger partial charge in [-0.3, -0.25) is 4.55 Å². The molecular weight excluding hydrogens is 284 g/mol. The molecule has 0 unspecified atom stereocenters. The Morgan fingerprint density at radius 1 is 0.800 bits per heavy atom. The van der Waals surface area contributed by atoms with E-state index in [1.165, 1.54) is 48.5 Å². The van der Waals surface area contributed by atoms with Crippen molar-refractivity contribution in [2.75, 3.05) is 0 Å². The Morgan fingerprint density at radius 2 is 1.15 bits per heavy atom. The third-order valence-corrected chi connectivity index (χ3v) is 3.05. The van der Waals surface area contributed by atoms with Crippen LogP contribution in [0.1, 0.15) is 17.2 Å². The second-order valence-electron chi connectivity index (χ2n) is 4.09. The van der Waals surface area contributed by atoms with Crippen LogP contribution in [0.4, 0.5) is 0 Å². The highest BCUT2D eigenvalue weighted by Crippen LogP contribution is 2.29. The van der Waals surface area contributed by atoms with Crippen molar-refractivity contribution in [3.8, 4) is 11.5 Å². The number of hydrogen-bond acceptors (Lipinski definition) is 5. The quantitative estimate of drug-likeness (QED) is 0.745. The Bertz CT molecular complexity index is 630. The van der Waals surface area contributed by atoms with Gasteiger partial charge in [-0.15, -0.1) is 0 Å².